The van der Waals surface area contributed by atoms with E-state index in [2.05, 4.69) is 20.2 Å². The Labute approximate surface area is 153 Å². The zero-order valence-electron chi connectivity index (χ0n) is 13.8. The van der Waals surface area contributed by atoms with Crippen LogP contribution in [0.3, 0.4) is 0 Å². The van der Waals surface area contributed by atoms with Crippen molar-refractivity contribution in [3.8, 4) is 17.1 Å². The number of methoxy groups -OCH3 is 1. The van der Waals surface area contributed by atoms with Crippen molar-refractivity contribution in [3.05, 3.63) is 64.5 Å². The Bertz CT molecular complexity index is 1040. The number of nitrogens with zero attached hydrogens (tertiary/aromatic N) is 7. The normalized spacial score (nSPS) is 12.7. The standard InChI is InChI=1S/C17H13N7OS/c1-25-15-5-3-2-4-13(15)16-20-21-17-24(16)22-14(10-26-17)11-6-8-12(9-7-11)19-23-18/h2-9H,10H2,1H3. The number of azide groups is 1. The largest absolute Gasteiger partial charge is 0.496 e. The van der Waals surface area contributed by atoms with E-state index >= 15 is 0 Å². The lowest BCUT2D eigenvalue weighted by molar-refractivity contribution is 0.416. The monoisotopic (exact) mass is 363 g/mol. The van der Waals surface area contributed by atoms with Crippen LogP contribution in [0.25, 0.3) is 21.8 Å². The first-order valence-electron chi connectivity index (χ1n) is 7.75. The van der Waals surface area contributed by atoms with Gasteiger partial charge in [0.25, 0.3) is 0 Å². The Hall–Kier alpha value is -3.29. The number of benzene rings is 2. The first-order chi connectivity index (χ1) is 12.8. The minimum Gasteiger partial charge on any atom is -0.496 e. The Balaban J connectivity index is 1.76. The molecule has 0 radical (unpaired) electrons. The average molecular weight is 363 g/mol. The molecule has 0 fully saturated rings. The third kappa shape index (κ3) is 2.90. The quantitative estimate of drug-likeness (QED) is 0.393. The van der Waals surface area contributed by atoms with Crippen molar-refractivity contribution in [2.45, 2.75) is 5.16 Å². The summed E-state index contributed by atoms with van der Waals surface area (Å²) in [5.41, 5.74) is 11.8. The van der Waals surface area contributed by atoms with Crippen molar-refractivity contribution in [2.24, 2.45) is 10.2 Å². The summed E-state index contributed by atoms with van der Waals surface area (Å²) in [5.74, 6) is 2.03. The molecule has 0 unspecified atom stereocenters. The molecule has 8 nitrogen and oxygen atoms in total. The molecule has 1 aliphatic heterocycles. The van der Waals surface area contributed by atoms with Crippen molar-refractivity contribution < 1.29 is 4.74 Å². The van der Waals surface area contributed by atoms with Gasteiger partial charge in [-0.15, -0.1) is 10.2 Å². The van der Waals surface area contributed by atoms with E-state index in [4.69, 9.17) is 15.4 Å². The van der Waals surface area contributed by atoms with Crippen LogP contribution in [0.5, 0.6) is 5.75 Å². The molecular weight excluding hydrogens is 350 g/mol. The first-order valence-corrected chi connectivity index (χ1v) is 8.73. The van der Waals surface area contributed by atoms with E-state index in [0.29, 0.717) is 23.0 Å². The summed E-state index contributed by atoms with van der Waals surface area (Å²) in [4.78, 5) is 2.79. The second kappa shape index (κ2) is 6.91. The first kappa shape index (κ1) is 16.2. The van der Waals surface area contributed by atoms with Crippen molar-refractivity contribution in [1.29, 1.82) is 0 Å². The van der Waals surface area contributed by atoms with Crippen LogP contribution in [0.1, 0.15) is 5.56 Å². The Morgan fingerprint density at radius 1 is 1.15 bits per heavy atom. The molecule has 128 valence electrons. The highest BCUT2D eigenvalue weighted by Gasteiger charge is 2.22. The predicted octanol–water partition coefficient (Wildman–Crippen LogP) is 4.25. The minimum atomic E-state index is 0.569. The van der Waals surface area contributed by atoms with E-state index in [1.165, 1.54) is 0 Å². The fourth-order valence-electron chi connectivity index (χ4n) is 2.64. The predicted molar refractivity (Wildman–Crippen MR) is 99.9 cm³/mol. The number of thioether (sulfide) groups is 1. The maximum absolute atomic E-state index is 8.51. The van der Waals surface area contributed by atoms with Crippen LogP contribution < -0.4 is 4.74 Å². The summed E-state index contributed by atoms with van der Waals surface area (Å²) in [7, 11) is 1.63. The highest BCUT2D eigenvalue weighted by atomic mass is 32.2. The van der Waals surface area contributed by atoms with Crippen LogP contribution >= 0.6 is 11.8 Å². The number of aromatic nitrogens is 3. The summed E-state index contributed by atoms with van der Waals surface area (Å²) in [6.45, 7) is 0. The van der Waals surface area contributed by atoms with Crippen molar-refractivity contribution in [1.82, 2.24) is 14.9 Å². The topological polar surface area (TPSA) is 101 Å². The van der Waals surface area contributed by atoms with E-state index in [-0.39, 0.29) is 0 Å². The van der Waals surface area contributed by atoms with Crippen LogP contribution in [0.2, 0.25) is 0 Å². The molecule has 0 saturated carbocycles. The molecule has 0 N–H and O–H groups in total. The molecule has 2 heterocycles. The van der Waals surface area contributed by atoms with Gasteiger partial charge in [0.15, 0.2) is 5.82 Å². The lowest BCUT2D eigenvalue weighted by Crippen LogP contribution is -2.13. The number of para-hydroxylation sites is 1. The average Bonchev–Trinajstić information content (AvgIpc) is 3.12. The molecule has 2 aromatic carbocycles. The summed E-state index contributed by atoms with van der Waals surface area (Å²) in [6.07, 6.45) is 0. The molecule has 1 aromatic heterocycles. The van der Waals surface area contributed by atoms with Crippen molar-refractivity contribution >= 4 is 23.2 Å². The van der Waals surface area contributed by atoms with Crippen molar-refractivity contribution in [2.75, 3.05) is 12.9 Å². The molecule has 26 heavy (non-hydrogen) atoms. The fourth-order valence-corrected chi connectivity index (χ4v) is 3.48. The van der Waals surface area contributed by atoms with Crippen LogP contribution in [0.4, 0.5) is 5.69 Å². The Kier molecular flexibility index (Phi) is 4.30. The van der Waals surface area contributed by atoms with Gasteiger partial charge in [-0.2, -0.15) is 9.78 Å². The van der Waals surface area contributed by atoms with E-state index in [1.807, 2.05) is 36.4 Å². The number of rotatable bonds is 4. The fraction of sp³-hybridized carbons (Fsp3) is 0.118. The van der Waals surface area contributed by atoms with Gasteiger partial charge in [-0.3, -0.25) is 0 Å². The van der Waals surface area contributed by atoms with Gasteiger partial charge in [-0.25, -0.2) is 0 Å². The molecule has 0 amide bonds. The van der Waals surface area contributed by atoms with E-state index < -0.39 is 0 Å². The van der Waals surface area contributed by atoms with Gasteiger partial charge in [-0.05, 0) is 23.2 Å². The highest BCUT2D eigenvalue weighted by molar-refractivity contribution is 7.99. The lowest BCUT2D eigenvalue weighted by Gasteiger charge is -2.14. The third-order valence-corrected chi connectivity index (χ3v) is 4.81. The van der Waals surface area contributed by atoms with Gasteiger partial charge in [0, 0.05) is 16.4 Å². The zero-order valence-corrected chi connectivity index (χ0v) is 14.6. The van der Waals surface area contributed by atoms with Gasteiger partial charge < -0.3 is 4.74 Å². The van der Waals surface area contributed by atoms with Crippen LogP contribution in [0.15, 0.2) is 63.9 Å². The van der Waals surface area contributed by atoms with Crippen LogP contribution in [-0.2, 0) is 0 Å². The molecule has 0 aliphatic carbocycles. The van der Waals surface area contributed by atoms with Crippen LogP contribution in [0, 0.1) is 0 Å². The van der Waals surface area contributed by atoms with Gasteiger partial charge in [-0.1, -0.05) is 53.3 Å². The highest BCUT2D eigenvalue weighted by Crippen LogP contribution is 2.33. The SMILES string of the molecule is COc1ccccc1-c1nnc2n1N=C(c1ccc(N=[N+]=[N-])cc1)CS2. The maximum atomic E-state index is 8.51. The molecule has 0 atom stereocenters. The van der Waals surface area contributed by atoms with E-state index in [1.54, 1.807) is 35.7 Å². The molecule has 9 heteroatoms. The second-order valence-corrected chi connectivity index (χ2v) is 6.33. The van der Waals surface area contributed by atoms with Crippen molar-refractivity contribution in [3.63, 3.8) is 0 Å². The Morgan fingerprint density at radius 2 is 1.96 bits per heavy atom. The summed E-state index contributed by atoms with van der Waals surface area (Å²) in [6, 6.07) is 15.0. The molecule has 0 spiro atoms. The number of fused-ring (bicyclic) bond motifs is 1. The minimum absolute atomic E-state index is 0.569. The van der Waals surface area contributed by atoms with Crippen LogP contribution in [-0.4, -0.2) is 33.4 Å². The number of hydrogen-bond donors (Lipinski definition) is 0. The zero-order chi connectivity index (χ0) is 17.9. The van der Waals surface area contributed by atoms with Gasteiger partial charge in [0.2, 0.25) is 5.16 Å². The molecular formula is C17H13N7OS. The molecule has 1 aliphatic rings. The molecule has 0 bridgehead atoms. The lowest BCUT2D eigenvalue weighted by atomic mass is 10.1. The summed E-state index contributed by atoms with van der Waals surface area (Å²) in [5, 5.41) is 17.6. The molecule has 3 aromatic rings. The van der Waals surface area contributed by atoms with Gasteiger partial charge >= 0.3 is 0 Å². The molecule has 0 saturated heterocycles. The summed E-state index contributed by atoms with van der Waals surface area (Å²) >= 11 is 1.57. The number of hydrogen-bond acceptors (Lipinski definition) is 6. The number of ether oxygens (including phenoxy) is 1. The third-order valence-electron chi connectivity index (χ3n) is 3.88. The second-order valence-electron chi connectivity index (χ2n) is 5.39. The summed E-state index contributed by atoms with van der Waals surface area (Å²) < 4.78 is 7.17. The van der Waals surface area contributed by atoms with E-state index in [9.17, 15) is 0 Å². The maximum Gasteiger partial charge on any atom is 0.212 e. The molecule has 4 rings (SSSR count). The van der Waals surface area contributed by atoms with Gasteiger partial charge in [0.05, 0.1) is 18.4 Å². The van der Waals surface area contributed by atoms with E-state index in [0.717, 1.165) is 22.0 Å². The Morgan fingerprint density at radius 3 is 2.73 bits per heavy atom. The van der Waals surface area contributed by atoms with Gasteiger partial charge in [0.1, 0.15) is 5.75 Å². The smallest absolute Gasteiger partial charge is 0.212 e.